The molecule has 1 aromatic rings. The monoisotopic (exact) mass is 310 g/mol. The Hall–Kier alpha value is -1.07. The normalized spacial score (nSPS) is 13.4. The number of aromatic carboxylic acids is 1. The zero-order valence-corrected chi connectivity index (χ0v) is 11.7. The first-order valence-electron chi connectivity index (χ1n) is 5.21. The number of nitrogens with one attached hydrogen (secondary N) is 1. The van der Waals surface area contributed by atoms with Gasteiger partial charge in [0.25, 0.3) is 10.0 Å². The molecule has 0 aromatic carbocycles. The Morgan fingerprint density at radius 2 is 2.32 bits per heavy atom. The maximum absolute atomic E-state index is 12.0. The highest BCUT2D eigenvalue weighted by Crippen LogP contribution is 2.20. The van der Waals surface area contributed by atoms with E-state index in [-0.39, 0.29) is 23.8 Å². The third-order valence-corrected chi connectivity index (χ3v) is 5.04. The second-order valence-electron chi connectivity index (χ2n) is 3.58. The number of sulfonamides is 1. The van der Waals surface area contributed by atoms with Crippen molar-refractivity contribution < 1.29 is 28.2 Å². The van der Waals surface area contributed by atoms with Crippen LogP contribution < -0.4 is 4.72 Å². The Morgan fingerprint density at radius 1 is 1.63 bits per heavy atom. The molecule has 0 bridgehead atoms. The molecule has 0 radical (unpaired) electrons. The van der Waals surface area contributed by atoms with Crippen LogP contribution in [0.25, 0.3) is 0 Å². The van der Waals surface area contributed by atoms with Gasteiger partial charge in [-0.05, 0) is 6.42 Å². The number of carboxylic acids is 1. The summed E-state index contributed by atoms with van der Waals surface area (Å²) in [6.07, 6.45) is 0.161. The molecule has 0 saturated carbocycles. The Balaban J connectivity index is 2.96. The molecule has 10 heteroatoms. The van der Waals surface area contributed by atoms with Gasteiger partial charge in [0, 0.05) is 19.8 Å². The second-order valence-corrected chi connectivity index (χ2v) is 6.34. The van der Waals surface area contributed by atoms with Crippen LogP contribution in [0.2, 0.25) is 0 Å². The van der Waals surface area contributed by atoms with Crippen molar-refractivity contribution in [1.29, 1.82) is 0 Å². The number of aliphatic hydroxyl groups excluding tert-OH is 1. The number of carboxylic acid groups (broad SMARTS) is 1. The molecule has 1 aromatic heterocycles. The van der Waals surface area contributed by atoms with Crippen LogP contribution >= 0.6 is 11.3 Å². The zero-order valence-electron chi connectivity index (χ0n) is 10.1. The van der Waals surface area contributed by atoms with Crippen LogP contribution in [-0.2, 0) is 14.8 Å². The minimum absolute atomic E-state index is 0.0704. The summed E-state index contributed by atoms with van der Waals surface area (Å²) in [5, 5.41) is 17.7. The van der Waals surface area contributed by atoms with Gasteiger partial charge >= 0.3 is 5.97 Å². The molecule has 0 amide bonds. The largest absolute Gasteiger partial charge is 0.476 e. The Labute approximate surface area is 114 Å². The lowest BCUT2D eigenvalue weighted by atomic mass is 10.2. The summed E-state index contributed by atoms with van der Waals surface area (Å²) in [5.74, 6) is -1.41. The van der Waals surface area contributed by atoms with E-state index in [1.54, 1.807) is 0 Å². The fourth-order valence-electron chi connectivity index (χ4n) is 1.37. The second kappa shape index (κ2) is 6.91. The van der Waals surface area contributed by atoms with Crippen molar-refractivity contribution in [3.05, 3.63) is 11.2 Å². The van der Waals surface area contributed by atoms with Crippen LogP contribution in [0.1, 0.15) is 16.9 Å². The smallest absolute Gasteiger partial charge is 0.356 e. The van der Waals surface area contributed by atoms with Gasteiger partial charge in [-0.25, -0.2) is 22.9 Å². The lowest BCUT2D eigenvalue weighted by molar-refractivity contribution is 0.0687. The van der Waals surface area contributed by atoms with Crippen molar-refractivity contribution in [3.63, 3.8) is 0 Å². The van der Waals surface area contributed by atoms with Gasteiger partial charge in [-0.15, -0.1) is 11.3 Å². The average Bonchev–Trinajstić information content (AvgIpc) is 2.78. The van der Waals surface area contributed by atoms with Gasteiger partial charge in [0.1, 0.15) is 0 Å². The Morgan fingerprint density at radius 3 is 2.84 bits per heavy atom. The third kappa shape index (κ3) is 4.21. The van der Waals surface area contributed by atoms with Gasteiger partial charge in [0.15, 0.2) is 9.90 Å². The molecular formula is C9H14N2O6S2. The highest BCUT2D eigenvalue weighted by molar-refractivity contribution is 7.91. The minimum Gasteiger partial charge on any atom is -0.476 e. The molecule has 0 aliphatic carbocycles. The molecule has 0 fully saturated rings. The number of rotatable bonds is 8. The summed E-state index contributed by atoms with van der Waals surface area (Å²) in [7, 11) is -2.61. The molecule has 3 N–H and O–H groups in total. The van der Waals surface area contributed by atoms with Crippen molar-refractivity contribution in [2.45, 2.75) is 16.7 Å². The van der Waals surface area contributed by atoms with E-state index in [9.17, 15) is 13.2 Å². The molecule has 19 heavy (non-hydrogen) atoms. The highest BCUT2D eigenvalue weighted by Gasteiger charge is 2.27. The number of nitrogens with zero attached hydrogens (tertiary/aromatic N) is 1. The van der Waals surface area contributed by atoms with Gasteiger partial charge in [-0.3, -0.25) is 0 Å². The van der Waals surface area contributed by atoms with Gasteiger partial charge in [-0.2, -0.15) is 0 Å². The average molecular weight is 310 g/mol. The van der Waals surface area contributed by atoms with Gasteiger partial charge in [0.2, 0.25) is 0 Å². The molecule has 8 nitrogen and oxygen atoms in total. The number of hydrogen-bond acceptors (Lipinski definition) is 7. The van der Waals surface area contributed by atoms with Crippen LogP contribution in [0.5, 0.6) is 0 Å². The van der Waals surface area contributed by atoms with Crippen LogP contribution in [0, 0.1) is 0 Å². The molecule has 1 atom stereocenters. The van der Waals surface area contributed by atoms with E-state index in [1.807, 2.05) is 0 Å². The third-order valence-electron chi connectivity index (χ3n) is 2.15. The molecule has 0 saturated heterocycles. The van der Waals surface area contributed by atoms with E-state index in [1.165, 1.54) is 7.11 Å². The van der Waals surface area contributed by atoms with Crippen molar-refractivity contribution in [2.24, 2.45) is 0 Å². The summed E-state index contributed by atoms with van der Waals surface area (Å²) >= 11 is 0.717. The lowest BCUT2D eigenvalue weighted by Gasteiger charge is -2.16. The Bertz CT molecular complexity index is 521. The number of thiazole rings is 1. The summed E-state index contributed by atoms with van der Waals surface area (Å²) in [6, 6.07) is -0.635. The molecule has 1 unspecified atom stereocenters. The van der Waals surface area contributed by atoms with Crippen LogP contribution in [0.3, 0.4) is 0 Å². The van der Waals surface area contributed by atoms with Crippen LogP contribution in [-0.4, -0.2) is 55.9 Å². The van der Waals surface area contributed by atoms with Crippen molar-refractivity contribution in [3.8, 4) is 0 Å². The van der Waals surface area contributed by atoms with E-state index in [0.717, 1.165) is 16.8 Å². The standard InChI is InChI=1S/C9H14N2O6S2/c1-17-4-6(2-3-12)11-19(15,16)9-7(8(13)14)10-5-18-9/h5-6,11-12H,2-4H2,1H3,(H,13,14). The van der Waals surface area contributed by atoms with Gasteiger partial charge in [0.05, 0.1) is 12.1 Å². The predicted molar refractivity (Wildman–Crippen MR) is 66.8 cm³/mol. The number of carbonyl (C=O) groups is 1. The first-order valence-corrected chi connectivity index (χ1v) is 7.57. The molecule has 0 aliphatic heterocycles. The molecule has 1 rings (SSSR count). The van der Waals surface area contributed by atoms with Crippen LogP contribution in [0.4, 0.5) is 0 Å². The molecule has 108 valence electrons. The van der Waals surface area contributed by atoms with E-state index in [0.29, 0.717) is 0 Å². The van der Waals surface area contributed by atoms with Crippen molar-refractivity contribution >= 4 is 27.3 Å². The summed E-state index contributed by atoms with van der Waals surface area (Å²) in [6.45, 7) is -0.147. The first kappa shape index (κ1) is 16.0. The summed E-state index contributed by atoms with van der Waals surface area (Å²) in [5.41, 5.74) is 0.632. The number of aliphatic hydroxyl groups is 1. The van der Waals surface area contributed by atoms with Crippen molar-refractivity contribution in [1.82, 2.24) is 9.71 Å². The minimum atomic E-state index is -4.00. The molecular weight excluding hydrogens is 296 g/mol. The summed E-state index contributed by atoms with van der Waals surface area (Å²) < 4.78 is 30.8. The van der Waals surface area contributed by atoms with Crippen molar-refractivity contribution in [2.75, 3.05) is 20.3 Å². The maximum Gasteiger partial charge on any atom is 0.356 e. The number of ether oxygens (including phenoxy) is 1. The van der Waals surface area contributed by atoms with E-state index >= 15 is 0 Å². The van der Waals surface area contributed by atoms with Crippen LogP contribution in [0.15, 0.2) is 9.72 Å². The van der Waals surface area contributed by atoms with Gasteiger partial charge in [-0.1, -0.05) is 0 Å². The van der Waals surface area contributed by atoms with E-state index < -0.39 is 27.7 Å². The lowest BCUT2D eigenvalue weighted by Crippen LogP contribution is -2.38. The van der Waals surface area contributed by atoms with Gasteiger partial charge < -0.3 is 14.9 Å². The molecule has 1 heterocycles. The maximum atomic E-state index is 12.0. The van der Waals surface area contributed by atoms with E-state index in [4.69, 9.17) is 14.9 Å². The number of methoxy groups -OCH3 is 1. The fraction of sp³-hybridized carbons (Fsp3) is 0.556. The highest BCUT2D eigenvalue weighted by atomic mass is 32.2. The SMILES string of the molecule is COCC(CCO)NS(=O)(=O)c1scnc1C(=O)O. The fourth-order valence-corrected chi connectivity index (χ4v) is 3.79. The molecule has 0 spiro atoms. The molecule has 0 aliphatic rings. The quantitative estimate of drug-likeness (QED) is 0.592. The predicted octanol–water partition coefficient (Wildman–Crippen LogP) is -0.483. The van der Waals surface area contributed by atoms with E-state index in [2.05, 4.69) is 9.71 Å². The topological polar surface area (TPSA) is 126 Å². The number of aromatic nitrogens is 1. The number of hydrogen-bond donors (Lipinski definition) is 3. The first-order chi connectivity index (χ1) is 8.92. The Kier molecular flexibility index (Phi) is 5.82. The summed E-state index contributed by atoms with van der Waals surface area (Å²) in [4.78, 5) is 14.4. The zero-order chi connectivity index (χ0) is 14.5.